The molecule has 0 amide bonds. The maximum atomic E-state index is 3.91. The lowest BCUT2D eigenvalue weighted by Gasteiger charge is -2.03. The normalized spacial score (nSPS) is 11.7. The first-order valence-electron chi connectivity index (χ1n) is 14.4. The van der Waals surface area contributed by atoms with Crippen LogP contribution in [0, 0.1) is 6.92 Å². The van der Waals surface area contributed by atoms with Crippen molar-refractivity contribution in [3.8, 4) is 0 Å². The standard InChI is InChI=1S/C30H59/c1-3-5-7-9-11-13-15-17-19-21-23-25-27-29-30-28-26-24-22-20-18-16-14-12-10-8-6-4-2/h26,28H,1,3-25,27,29-30H2,2H3. The summed E-state index contributed by atoms with van der Waals surface area (Å²) in [6.45, 7) is 6.21. The van der Waals surface area contributed by atoms with E-state index in [-0.39, 0.29) is 0 Å². The van der Waals surface area contributed by atoms with Crippen LogP contribution in [0.25, 0.3) is 0 Å². The fourth-order valence-electron chi connectivity index (χ4n) is 4.37. The molecule has 0 aliphatic rings. The molecule has 0 heteroatoms. The molecule has 0 spiro atoms. The number of rotatable bonds is 26. The third-order valence-electron chi connectivity index (χ3n) is 6.51. The van der Waals surface area contributed by atoms with Gasteiger partial charge >= 0.3 is 0 Å². The van der Waals surface area contributed by atoms with Gasteiger partial charge in [-0.3, -0.25) is 0 Å². The van der Waals surface area contributed by atoms with Gasteiger partial charge in [-0.25, -0.2) is 0 Å². The fraction of sp³-hybridized carbons (Fsp3) is 0.900. The first-order valence-corrected chi connectivity index (χ1v) is 14.4. The highest BCUT2D eigenvalue weighted by Gasteiger charge is 1.94. The zero-order chi connectivity index (χ0) is 21.8. The molecule has 0 N–H and O–H groups in total. The van der Waals surface area contributed by atoms with Crippen molar-refractivity contribution in [2.45, 2.75) is 174 Å². The molecule has 0 atom stereocenters. The Labute approximate surface area is 193 Å². The zero-order valence-corrected chi connectivity index (χ0v) is 21.2. The predicted octanol–water partition coefficient (Wildman–Crippen LogP) is 11.5. The minimum absolute atomic E-state index is 1.12. The van der Waals surface area contributed by atoms with Gasteiger partial charge in [-0.1, -0.05) is 167 Å². The van der Waals surface area contributed by atoms with E-state index in [1.54, 1.807) is 0 Å². The minimum atomic E-state index is 1.12. The van der Waals surface area contributed by atoms with Gasteiger partial charge < -0.3 is 0 Å². The topological polar surface area (TPSA) is 0 Å². The maximum Gasteiger partial charge on any atom is -0.0351 e. The summed E-state index contributed by atoms with van der Waals surface area (Å²) in [5.41, 5.74) is 0. The molecular formula is C30H59. The Hall–Kier alpha value is -0.260. The van der Waals surface area contributed by atoms with Crippen LogP contribution in [0.2, 0.25) is 0 Å². The van der Waals surface area contributed by atoms with Gasteiger partial charge in [0.05, 0.1) is 0 Å². The van der Waals surface area contributed by atoms with Gasteiger partial charge in [0.15, 0.2) is 0 Å². The highest BCUT2D eigenvalue weighted by molar-refractivity contribution is 4.81. The molecule has 0 aliphatic carbocycles. The van der Waals surface area contributed by atoms with Gasteiger partial charge in [-0.05, 0) is 25.7 Å². The highest BCUT2D eigenvalue weighted by Crippen LogP contribution is 2.14. The molecule has 0 unspecified atom stereocenters. The Balaban J connectivity index is 3.05. The summed E-state index contributed by atoms with van der Waals surface area (Å²) < 4.78 is 0. The van der Waals surface area contributed by atoms with E-state index in [4.69, 9.17) is 0 Å². The predicted molar refractivity (Wildman–Crippen MR) is 140 cm³/mol. The SMILES string of the molecule is [CH2]CCCCCCCCCCCCCCCC=CCCCCCCCCCCCC. The number of unbranched alkanes of at least 4 members (excludes halogenated alkanes) is 24. The fourth-order valence-corrected chi connectivity index (χ4v) is 4.37. The van der Waals surface area contributed by atoms with Crippen molar-refractivity contribution in [1.29, 1.82) is 0 Å². The second-order valence-corrected chi connectivity index (χ2v) is 9.68. The van der Waals surface area contributed by atoms with Gasteiger partial charge in [0.2, 0.25) is 0 Å². The summed E-state index contributed by atoms with van der Waals surface area (Å²) >= 11 is 0. The molecular weight excluding hydrogens is 360 g/mol. The average molecular weight is 420 g/mol. The lowest BCUT2D eigenvalue weighted by molar-refractivity contribution is 0.537. The molecule has 0 bridgehead atoms. The van der Waals surface area contributed by atoms with E-state index in [9.17, 15) is 0 Å². The number of hydrogen-bond acceptors (Lipinski definition) is 0. The van der Waals surface area contributed by atoms with Gasteiger partial charge in [-0.15, -0.1) is 0 Å². The van der Waals surface area contributed by atoms with Crippen molar-refractivity contribution >= 4 is 0 Å². The monoisotopic (exact) mass is 419 g/mol. The lowest BCUT2D eigenvalue weighted by Crippen LogP contribution is -1.83. The summed E-state index contributed by atoms with van der Waals surface area (Å²) in [6.07, 6.45) is 41.8. The largest absolute Gasteiger partial charge is 0.0885 e. The van der Waals surface area contributed by atoms with Crippen molar-refractivity contribution in [2.24, 2.45) is 0 Å². The van der Waals surface area contributed by atoms with Crippen molar-refractivity contribution in [3.05, 3.63) is 19.1 Å². The van der Waals surface area contributed by atoms with Crippen LogP contribution in [0.4, 0.5) is 0 Å². The Kier molecular flexibility index (Phi) is 28.5. The smallest absolute Gasteiger partial charge is 0.0351 e. The molecule has 0 fully saturated rings. The van der Waals surface area contributed by atoms with E-state index >= 15 is 0 Å². The van der Waals surface area contributed by atoms with E-state index in [0.29, 0.717) is 0 Å². The van der Waals surface area contributed by atoms with Gasteiger partial charge in [0, 0.05) is 0 Å². The number of hydrogen-bond donors (Lipinski definition) is 0. The minimum Gasteiger partial charge on any atom is -0.0885 e. The van der Waals surface area contributed by atoms with Crippen LogP contribution in [-0.4, -0.2) is 0 Å². The second-order valence-electron chi connectivity index (χ2n) is 9.68. The summed E-state index contributed by atoms with van der Waals surface area (Å²) in [5, 5.41) is 0. The van der Waals surface area contributed by atoms with Crippen LogP contribution in [0.1, 0.15) is 174 Å². The Morgan fingerprint density at radius 2 is 0.633 bits per heavy atom. The Morgan fingerprint density at radius 1 is 0.367 bits per heavy atom. The third-order valence-corrected chi connectivity index (χ3v) is 6.51. The van der Waals surface area contributed by atoms with E-state index in [2.05, 4.69) is 26.0 Å². The molecule has 0 saturated carbocycles. The van der Waals surface area contributed by atoms with Gasteiger partial charge in [0.1, 0.15) is 0 Å². The zero-order valence-electron chi connectivity index (χ0n) is 21.2. The van der Waals surface area contributed by atoms with E-state index in [1.807, 2.05) is 0 Å². The summed E-state index contributed by atoms with van der Waals surface area (Å²) in [7, 11) is 0. The molecule has 0 saturated heterocycles. The van der Waals surface area contributed by atoms with Gasteiger partial charge in [-0.2, -0.15) is 0 Å². The van der Waals surface area contributed by atoms with Crippen LogP contribution in [0.15, 0.2) is 12.2 Å². The summed E-state index contributed by atoms with van der Waals surface area (Å²) in [4.78, 5) is 0. The molecule has 0 rings (SSSR count). The van der Waals surface area contributed by atoms with Crippen molar-refractivity contribution < 1.29 is 0 Å². The van der Waals surface area contributed by atoms with Gasteiger partial charge in [0.25, 0.3) is 0 Å². The molecule has 0 aromatic carbocycles. The highest BCUT2D eigenvalue weighted by atomic mass is 14.0. The van der Waals surface area contributed by atoms with Crippen LogP contribution in [-0.2, 0) is 0 Å². The first kappa shape index (κ1) is 29.7. The molecule has 179 valence electrons. The molecule has 0 aromatic heterocycles. The summed E-state index contributed by atoms with van der Waals surface area (Å²) in [6, 6.07) is 0. The Morgan fingerprint density at radius 3 is 0.933 bits per heavy atom. The van der Waals surface area contributed by atoms with E-state index in [1.165, 1.54) is 161 Å². The van der Waals surface area contributed by atoms with Crippen LogP contribution in [0.5, 0.6) is 0 Å². The van der Waals surface area contributed by atoms with Crippen LogP contribution >= 0.6 is 0 Å². The second kappa shape index (κ2) is 28.7. The molecule has 0 heterocycles. The molecule has 1 radical (unpaired) electrons. The summed E-state index contributed by atoms with van der Waals surface area (Å²) in [5.74, 6) is 0. The lowest BCUT2D eigenvalue weighted by atomic mass is 10.0. The third kappa shape index (κ3) is 27.7. The van der Waals surface area contributed by atoms with Crippen LogP contribution in [0.3, 0.4) is 0 Å². The molecule has 0 aromatic rings. The molecule has 0 nitrogen and oxygen atoms in total. The van der Waals surface area contributed by atoms with Crippen LogP contribution < -0.4 is 0 Å². The number of allylic oxidation sites excluding steroid dienone is 2. The van der Waals surface area contributed by atoms with E-state index < -0.39 is 0 Å². The van der Waals surface area contributed by atoms with Crippen molar-refractivity contribution in [1.82, 2.24) is 0 Å². The van der Waals surface area contributed by atoms with E-state index in [0.717, 1.165) is 6.42 Å². The Bertz CT molecular complexity index is 303. The molecule has 0 aliphatic heterocycles. The van der Waals surface area contributed by atoms with Crippen molar-refractivity contribution in [3.63, 3.8) is 0 Å². The first-order chi connectivity index (χ1) is 14.9. The van der Waals surface area contributed by atoms with Crippen molar-refractivity contribution in [2.75, 3.05) is 0 Å². The molecule has 30 heavy (non-hydrogen) atoms. The average Bonchev–Trinajstić information content (AvgIpc) is 2.76. The quantitative estimate of drug-likeness (QED) is 0.0965. The maximum absolute atomic E-state index is 3.91.